The summed E-state index contributed by atoms with van der Waals surface area (Å²) in [6, 6.07) is 6.18. The van der Waals surface area contributed by atoms with Crippen LogP contribution in [0.1, 0.15) is 41.4 Å². The number of aryl methyl sites for hydroxylation is 1. The summed E-state index contributed by atoms with van der Waals surface area (Å²) in [5.41, 5.74) is 0.547. The molecule has 7 nitrogen and oxygen atoms in total. The lowest BCUT2D eigenvalue weighted by Crippen LogP contribution is -2.31. The average Bonchev–Trinajstić information content (AvgIpc) is 2.66. The van der Waals surface area contributed by atoms with E-state index in [1.54, 1.807) is 13.8 Å². The first kappa shape index (κ1) is 23.4. The molecule has 2 aromatic carbocycles. The molecular formula is C20H22F2N2O5S. The number of hydrogen-bond donors (Lipinski definition) is 2. The Bertz CT molecular complexity index is 1060. The molecule has 0 saturated heterocycles. The van der Waals surface area contributed by atoms with Crippen LogP contribution in [0.2, 0.25) is 0 Å². The fourth-order valence-corrected chi connectivity index (χ4v) is 3.75. The Morgan fingerprint density at radius 2 is 1.83 bits per heavy atom. The van der Waals surface area contributed by atoms with Crippen LogP contribution in [0.25, 0.3) is 0 Å². The van der Waals surface area contributed by atoms with Crippen LogP contribution in [0.3, 0.4) is 0 Å². The largest absolute Gasteiger partial charge is 0.452 e. The maximum atomic E-state index is 13.8. The van der Waals surface area contributed by atoms with Crippen molar-refractivity contribution >= 4 is 21.9 Å². The molecule has 1 amide bonds. The molecule has 0 radical (unpaired) electrons. The topological polar surface area (TPSA) is 102 Å². The van der Waals surface area contributed by atoms with Crippen LogP contribution in [0, 0.1) is 18.6 Å². The van der Waals surface area contributed by atoms with Crippen molar-refractivity contribution in [2.75, 3.05) is 13.2 Å². The van der Waals surface area contributed by atoms with E-state index < -0.39 is 46.2 Å². The SMILES string of the molecule is CCNS(=O)(=O)c1ccc(C)c(C(=O)OCC(=O)NC(C)c2ccc(F)cc2F)c1. The Morgan fingerprint density at radius 1 is 1.13 bits per heavy atom. The zero-order chi connectivity index (χ0) is 22.5. The van der Waals surface area contributed by atoms with Crippen LogP contribution in [-0.2, 0) is 19.6 Å². The highest BCUT2D eigenvalue weighted by atomic mass is 32.2. The summed E-state index contributed by atoms with van der Waals surface area (Å²) in [6.07, 6.45) is 0. The fraction of sp³-hybridized carbons (Fsp3) is 0.300. The number of halogens is 2. The second kappa shape index (κ2) is 9.77. The molecule has 0 spiro atoms. The Morgan fingerprint density at radius 3 is 2.47 bits per heavy atom. The highest BCUT2D eigenvalue weighted by Gasteiger charge is 2.20. The Kier molecular flexibility index (Phi) is 7.63. The van der Waals surface area contributed by atoms with Gasteiger partial charge >= 0.3 is 5.97 Å². The number of ether oxygens (including phenoxy) is 1. The standard InChI is InChI=1S/C20H22F2N2O5S/c1-4-23-30(27,28)15-7-5-12(2)17(10-15)20(26)29-11-19(25)24-13(3)16-8-6-14(21)9-18(16)22/h5-10,13,23H,4,11H2,1-3H3,(H,24,25). The van der Waals surface area contributed by atoms with Crippen LogP contribution >= 0.6 is 0 Å². The smallest absolute Gasteiger partial charge is 0.338 e. The second-order valence-corrected chi connectivity index (χ2v) is 8.28. The van der Waals surface area contributed by atoms with Crippen LogP contribution in [0.4, 0.5) is 8.78 Å². The molecule has 0 heterocycles. The van der Waals surface area contributed by atoms with E-state index in [9.17, 15) is 26.8 Å². The maximum Gasteiger partial charge on any atom is 0.338 e. The number of benzene rings is 2. The van der Waals surface area contributed by atoms with Gasteiger partial charge in [-0.25, -0.2) is 26.7 Å². The van der Waals surface area contributed by atoms with Crippen molar-refractivity contribution in [1.29, 1.82) is 0 Å². The van der Waals surface area contributed by atoms with Gasteiger partial charge in [-0.05, 0) is 37.6 Å². The van der Waals surface area contributed by atoms with Gasteiger partial charge in [0.1, 0.15) is 11.6 Å². The molecule has 0 aromatic heterocycles. The van der Waals surface area contributed by atoms with E-state index in [2.05, 4.69) is 10.0 Å². The number of sulfonamides is 1. The minimum atomic E-state index is -3.77. The lowest BCUT2D eigenvalue weighted by atomic mass is 10.1. The zero-order valence-electron chi connectivity index (χ0n) is 16.7. The fourth-order valence-electron chi connectivity index (χ4n) is 2.68. The van der Waals surface area contributed by atoms with Gasteiger partial charge in [-0.15, -0.1) is 0 Å². The van der Waals surface area contributed by atoms with Crippen molar-refractivity contribution in [2.45, 2.75) is 31.7 Å². The molecule has 2 N–H and O–H groups in total. The predicted molar refractivity (Wildman–Crippen MR) is 105 cm³/mol. The number of hydrogen-bond acceptors (Lipinski definition) is 5. The zero-order valence-corrected chi connectivity index (χ0v) is 17.5. The Labute approximate surface area is 173 Å². The highest BCUT2D eigenvalue weighted by molar-refractivity contribution is 7.89. The third kappa shape index (κ3) is 5.83. The molecule has 0 aliphatic rings. The summed E-state index contributed by atoms with van der Waals surface area (Å²) in [5.74, 6) is -3.13. The lowest BCUT2D eigenvalue weighted by molar-refractivity contribution is -0.124. The minimum Gasteiger partial charge on any atom is -0.452 e. The number of amides is 1. The number of esters is 1. The van der Waals surface area contributed by atoms with E-state index in [-0.39, 0.29) is 22.6 Å². The summed E-state index contributed by atoms with van der Waals surface area (Å²) in [6.45, 7) is 4.24. The van der Waals surface area contributed by atoms with Gasteiger partial charge in [-0.1, -0.05) is 19.1 Å². The minimum absolute atomic E-state index is 0.000550. The molecule has 2 aromatic rings. The van der Waals surface area contributed by atoms with E-state index in [4.69, 9.17) is 4.74 Å². The number of carbonyl (C=O) groups is 2. The van der Waals surface area contributed by atoms with E-state index in [1.165, 1.54) is 31.2 Å². The van der Waals surface area contributed by atoms with Crippen molar-refractivity contribution in [3.8, 4) is 0 Å². The van der Waals surface area contributed by atoms with Crippen LogP contribution in [0.15, 0.2) is 41.3 Å². The van der Waals surface area contributed by atoms with E-state index >= 15 is 0 Å². The molecular weight excluding hydrogens is 418 g/mol. The molecule has 0 aliphatic heterocycles. The number of carbonyl (C=O) groups excluding carboxylic acids is 2. The second-order valence-electron chi connectivity index (χ2n) is 6.51. The molecule has 30 heavy (non-hydrogen) atoms. The summed E-state index contributed by atoms with van der Waals surface area (Å²) >= 11 is 0. The van der Waals surface area contributed by atoms with Gasteiger partial charge in [0.2, 0.25) is 10.0 Å². The van der Waals surface area contributed by atoms with Gasteiger partial charge in [0.05, 0.1) is 16.5 Å². The molecule has 2 rings (SSSR count). The third-order valence-corrected chi connectivity index (χ3v) is 5.76. The van der Waals surface area contributed by atoms with Crippen LogP contribution < -0.4 is 10.0 Å². The summed E-state index contributed by atoms with van der Waals surface area (Å²) < 4.78 is 58.3. The molecule has 0 bridgehead atoms. The van der Waals surface area contributed by atoms with E-state index in [0.717, 1.165) is 6.07 Å². The maximum absolute atomic E-state index is 13.8. The summed E-state index contributed by atoms with van der Waals surface area (Å²) in [5, 5.41) is 2.45. The molecule has 0 saturated carbocycles. The van der Waals surface area contributed by atoms with Crippen LogP contribution in [0.5, 0.6) is 0 Å². The quantitative estimate of drug-likeness (QED) is 0.615. The molecule has 0 fully saturated rings. The molecule has 1 atom stereocenters. The summed E-state index contributed by atoms with van der Waals surface area (Å²) in [7, 11) is -3.77. The van der Waals surface area contributed by atoms with Crippen LogP contribution in [-0.4, -0.2) is 33.4 Å². The van der Waals surface area contributed by atoms with E-state index in [1.807, 2.05) is 0 Å². The first-order chi connectivity index (χ1) is 14.0. The van der Waals surface area contributed by atoms with Gasteiger partial charge in [-0.2, -0.15) is 0 Å². The molecule has 162 valence electrons. The Hall–Kier alpha value is -2.85. The number of nitrogens with one attached hydrogen (secondary N) is 2. The van der Waals surface area contributed by atoms with Crippen molar-refractivity contribution in [1.82, 2.24) is 10.0 Å². The first-order valence-corrected chi connectivity index (χ1v) is 10.5. The van der Waals surface area contributed by atoms with Crippen molar-refractivity contribution in [3.05, 3.63) is 64.7 Å². The Balaban J connectivity index is 2.04. The van der Waals surface area contributed by atoms with Gasteiger partial charge < -0.3 is 10.1 Å². The van der Waals surface area contributed by atoms with Crippen molar-refractivity contribution in [3.63, 3.8) is 0 Å². The average molecular weight is 440 g/mol. The summed E-state index contributed by atoms with van der Waals surface area (Å²) in [4.78, 5) is 24.3. The molecule has 0 aliphatic carbocycles. The lowest BCUT2D eigenvalue weighted by Gasteiger charge is -2.15. The van der Waals surface area contributed by atoms with Gasteiger partial charge in [0.15, 0.2) is 6.61 Å². The van der Waals surface area contributed by atoms with Gasteiger partial charge in [0.25, 0.3) is 5.91 Å². The first-order valence-electron chi connectivity index (χ1n) is 9.07. The van der Waals surface area contributed by atoms with Crippen molar-refractivity contribution in [2.24, 2.45) is 0 Å². The monoisotopic (exact) mass is 440 g/mol. The van der Waals surface area contributed by atoms with E-state index in [0.29, 0.717) is 11.6 Å². The number of rotatable bonds is 8. The van der Waals surface area contributed by atoms with Gasteiger partial charge in [-0.3, -0.25) is 4.79 Å². The normalized spacial score (nSPS) is 12.3. The molecule has 10 heteroatoms. The van der Waals surface area contributed by atoms with Crippen molar-refractivity contribution < 1.29 is 31.5 Å². The predicted octanol–water partition coefficient (Wildman–Crippen LogP) is 2.61. The highest BCUT2D eigenvalue weighted by Crippen LogP contribution is 2.18. The van der Waals surface area contributed by atoms with Gasteiger partial charge in [0, 0.05) is 18.2 Å². The molecule has 1 unspecified atom stereocenters. The third-order valence-electron chi connectivity index (χ3n) is 4.21.